The van der Waals surface area contributed by atoms with Crippen LogP contribution in [0.3, 0.4) is 0 Å². The first-order valence-electron chi connectivity index (χ1n) is 10.0. The van der Waals surface area contributed by atoms with Crippen molar-refractivity contribution >= 4 is 11.6 Å². The predicted molar refractivity (Wildman–Crippen MR) is 110 cm³/mol. The van der Waals surface area contributed by atoms with E-state index in [9.17, 15) is 4.79 Å². The van der Waals surface area contributed by atoms with Gasteiger partial charge in [0.15, 0.2) is 0 Å². The third-order valence-electron chi connectivity index (χ3n) is 5.06. The number of rotatable bonds is 8. The van der Waals surface area contributed by atoms with Crippen molar-refractivity contribution < 1.29 is 9.53 Å². The molecule has 0 aromatic heterocycles. The fraction of sp³-hybridized carbons (Fsp3) is 0.435. The molecule has 1 aliphatic rings. The summed E-state index contributed by atoms with van der Waals surface area (Å²) >= 11 is 0. The van der Waals surface area contributed by atoms with Crippen LogP contribution >= 0.6 is 0 Å². The van der Waals surface area contributed by atoms with Crippen LogP contribution in [0.4, 0.5) is 5.69 Å². The summed E-state index contributed by atoms with van der Waals surface area (Å²) in [6.07, 6.45) is 4.39. The molecule has 3 rings (SSSR count). The fourth-order valence-corrected chi connectivity index (χ4v) is 3.60. The molecule has 1 heterocycles. The van der Waals surface area contributed by atoms with Crippen LogP contribution in [0.1, 0.15) is 31.7 Å². The minimum absolute atomic E-state index is 0.0315. The second-order valence-electron chi connectivity index (χ2n) is 7.30. The highest BCUT2D eigenvalue weighted by atomic mass is 16.5. The van der Waals surface area contributed by atoms with Gasteiger partial charge >= 0.3 is 0 Å². The van der Waals surface area contributed by atoms with E-state index in [0.29, 0.717) is 13.2 Å². The molecule has 0 aliphatic carbocycles. The highest BCUT2D eigenvalue weighted by Gasteiger charge is 2.21. The van der Waals surface area contributed by atoms with Gasteiger partial charge in [0.25, 0.3) is 0 Å². The highest BCUT2D eigenvalue weighted by Crippen LogP contribution is 2.25. The van der Waals surface area contributed by atoms with Gasteiger partial charge in [0.1, 0.15) is 5.75 Å². The minimum atomic E-state index is 0.0315. The van der Waals surface area contributed by atoms with Crippen molar-refractivity contribution in [3.63, 3.8) is 0 Å². The van der Waals surface area contributed by atoms with Crippen molar-refractivity contribution in [2.45, 2.75) is 32.6 Å². The number of nitrogens with one attached hydrogen (secondary N) is 1. The molecule has 0 saturated carbocycles. The lowest BCUT2D eigenvalue weighted by Gasteiger charge is -2.31. The van der Waals surface area contributed by atoms with Gasteiger partial charge in [-0.2, -0.15) is 0 Å². The second kappa shape index (κ2) is 10.1. The summed E-state index contributed by atoms with van der Waals surface area (Å²) in [6, 6.07) is 18.3. The maximum atomic E-state index is 12.5. The van der Waals surface area contributed by atoms with E-state index >= 15 is 0 Å². The quantitative estimate of drug-likeness (QED) is 0.754. The van der Waals surface area contributed by atoms with Crippen LogP contribution in [0, 0.1) is 5.92 Å². The van der Waals surface area contributed by atoms with Crippen molar-refractivity contribution in [3.8, 4) is 5.75 Å². The molecule has 1 N–H and O–H groups in total. The first kappa shape index (κ1) is 19.4. The number of piperidine rings is 1. The summed E-state index contributed by atoms with van der Waals surface area (Å²) in [6.45, 7) is 5.14. The Morgan fingerprint density at radius 2 is 1.78 bits per heavy atom. The number of hydrogen-bond donors (Lipinski definition) is 1. The molecule has 2 aromatic rings. The van der Waals surface area contributed by atoms with Crippen molar-refractivity contribution in [1.82, 2.24) is 4.90 Å². The number of likely N-dealkylation sites (tertiary alicyclic amines) is 1. The van der Waals surface area contributed by atoms with Gasteiger partial charge in [-0.25, -0.2) is 0 Å². The zero-order valence-electron chi connectivity index (χ0n) is 16.2. The van der Waals surface area contributed by atoms with E-state index in [4.69, 9.17) is 4.74 Å². The number of hydrogen-bond acceptors (Lipinski definition) is 3. The van der Waals surface area contributed by atoms with Gasteiger partial charge in [-0.05, 0) is 62.4 Å². The number of carbonyl (C=O) groups excluding carboxylic acids is 1. The van der Waals surface area contributed by atoms with Crippen molar-refractivity contribution in [1.29, 1.82) is 0 Å². The third-order valence-corrected chi connectivity index (χ3v) is 5.06. The van der Waals surface area contributed by atoms with Crippen LogP contribution in [0.5, 0.6) is 5.75 Å². The Morgan fingerprint density at radius 3 is 2.52 bits per heavy atom. The first-order chi connectivity index (χ1) is 13.2. The maximum Gasteiger partial charge on any atom is 0.238 e. The van der Waals surface area contributed by atoms with Gasteiger partial charge in [0, 0.05) is 0 Å². The summed E-state index contributed by atoms with van der Waals surface area (Å²) in [4.78, 5) is 14.7. The van der Waals surface area contributed by atoms with Crippen LogP contribution < -0.4 is 10.1 Å². The number of amides is 1. The van der Waals surface area contributed by atoms with Gasteiger partial charge in [0.05, 0.1) is 18.8 Å². The van der Waals surface area contributed by atoms with E-state index in [1.165, 1.54) is 5.56 Å². The number of nitrogens with zero attached hydrogens (tertiary/aromatic N) is 1. The molecule has 1 aliphatic heterocycles. The first-order valence-corrected chi connectivity index (χ1v) is 10.0. The van der Waals surface area contributed by atoms with Gasteiger partial charge in [0.2, 0.25) is 5.91 Å². The SMILES string of the molecule is CCCOc1ccccc1NC(=O)CN1CCC(Cc2ccccc2)CC1. The fourth-order valence-electron chi connectivity index (χ4n) is 3.60. The maximum absolute atomic E-state index is 12.5. The Bertz CT molecular complexity index is 709. The molecule has 0 bridgehead atoms. The largest absolute Gasteiger partial charge is 0.491 e. The zero-order valence-corrected chi connectivity index (χ0v) is 16.2. The van der Waals surface area contributed by atoms with Crippen molar-refractivity contribution in [3.05, 3.63) is 60.2 Å². The number of anilines is 1. The summed E-state index contributed by atoms with van der Waals surface area (Å²) in [5.41, 5.74) is 2.17. The molecule has 144 valence electrons. The molecule has 0 atom stereocenters. The van der Waals surface area contributed by atoms with Gasteiger partial charge in [-0.3, -0.25) is 9.69 Å². The van der Waals surface area contributed by atoms with E-state index in [2.05, 4.69) is 47.5 Å². The molecular formula is C23H30N2O2. The van der Waals surface area contributed by atoms with Crippen LogP contribution in [0.2, 0.25) is 0 Å². The Balaban J connectivity index is 1.44. The molecule has 0 spiro atoms. The lowest BCUT2D eigenvalue weighted by molar-refractivity contribution is -0.117. The predicted octanol–water partition coefficient (Wildman–Crippen LogP) is 4.37. The van der Waals surface area contributed by atoms with E-state index in [1.54, 1.807) is 0 Å². The molecule has 1 fully saturated rings. The van der Waals surface area contributed by atoms with Gasteiger partial charge < -0.3 is 10.1 Å². The van der Waals surface area contributed by atoms with Gasteiger partial charge in [-0.15, -0.1) is 0 Å². The second-order valence-corrected chi connectivity index (χ2v) is 7.30. The molecule has 0 unspecified atom stereocenters. The van der Waals surface area contributed by atoms with E-state index < -0.39 is 0 Å². The molecule has 2 aromatic carbocycles. The standard InChI is InChI=1S/C23H30N2O2/c1-2-16-27-22-11-7-6-10-21(22)24-23(26)18-25-14-12-20(13-15-25)17-19-8-4-3-5-9-19/h3-11,20H,2,12-18H2,1H3,(H,24,26). The van der Waals surface area contributed by atoms with Crippen LogP contribution in [-0.4, -0.2) is 37.0 Å². The number of benzene rings is 2. The molecule has 1 amide bonds. The average molecular weight is 367 g/mol. The number of ether oxygens (including phenoxy) is 1. The highest BCUT2D eigenvalue weighted by molar-refractivity contribution is 5.93. The molecule has 1 saturated heterocycles. The van der Waals surface area contributed by atoms with Crippen molar-refractivity contribution in [2.24, 2.45) is 5.92 Å². The topological polar surface area (TPSA) is 41.6 Å². The van der Waals surface area contributed by atoms with Crippen LogP contribution in [0.15, 0.2) is 54.6 Å². The third kappa shape index (κ3) is 6.10. The van der Waals surface area contributed by atoms with E-state index in [0.717, 1.165) is 56.1 Å². The van der Waals surface area contributed by atoms with E-state index in [1.807, 2.05) is 24.3 Å². The van der Waals surface area contributed by atoms with Crippen molar-refractivity contribution in [2.75, 3.05) is 31.6 Å². The normalized spacial score (nSPS) is 15.4. The van der Waals surface area contributed by atoms with E-state index in [-0.39, 0.29) is 5.91 Å². The number of para-hydroxylation sites is 2. The molecule has 27 heavy (non-hydrogen) atoms. The summed E-state index contributed by atoms with van der Waals surface area (Å²) < 4.78 is 5.72. The van der Waals surface area contributed by atoms with Crippen LogP contribution in [0.25, 0.3) is 0 Å². The lowest BCUT2D eigenvalue weighted by Crippen LogP contribution is -2.39. The van der Waals surface area contributed by atoms with Gasteiger partial charge in [-0.1, -0.05) is 49.4 Å². The summed E-state index contributed by atoms with van der Waals surface area (Å²) in [7, 11) is 0. The summed E-state index contributed by atoms with van der Waals surface area (Å²) in [5.74, 6) is 1.49. The lowest BCUT2D eigenvalue weighted by atomic mass is 9.90. The Kier molecular flexibility index (Phi) is 7.28. The number of carbonyl (C=O) groups is 1. The smallest absolute Gasteiger partial charge is 0.238 e. The average Bonchev–Trinajstić information content (AvgIpc) is 2.69. The summed E-state index contributed by atoms with van der Waals surface area (Å²) in [5, 5.41) is 3.01. The zero-order chi connectivity index (χ0) is 18.9. The molecule has 0 radical (unpaired) electrons. The molecule has 4 heteroatoms. The minimum Gasteiger partial charge on any atom is -0.491 e. The Morgan fingerprint density at radius 1 is 1.07 bits per heavy atom. The molecule has 4 nitrogen and oxygen atoms in total. The Labute approximate surface area is 162 Å². The monoisotopic (exact) mass is 366 g/mol. The molecular weight excluding hydrogens is 336 g/mol. The van der Waals surface area contributed by atoms with Crippen LogP contribution in [-0.2, 0) is 11.2 Å². The Hall–Kier alpha value is -2.33.